The molecule has 0 radical (unpaired) electrons. The Hall–Kier alpha value is -1.80. The first-order chi connectivity index (χ1) is 9.70. The number of halogens is 1. The smallest absolute Gasteiger partial charge is 0.242 e. The summed E-state index contributed by atoms with van der Waals surface area (Å²) in [5, 5.41) is 0.785. The van der Waals surface area contributed by atoms with Crippen LogP contribution in [-0.4, -0.2) is 28.9 Å². The molecule has 102 valence electrons. The molecule has 20 heavy (non-hydrogen) atoms. The van der Waals surface area contributed by atoms with Crippen LogP contribution in [0, 0.1) is 0 Å². The summed E-state index contributed by atoms with van der Waals surface area (Å²) < 4.78 is 2.15. The molecule has 0 fully saturated rings. The second kappa shape index (κ2) is 5.29. The molecule has 1 heterocycles. The van der Waals surface area contributed by atoms with Crippen molar-refractivity contribution in [2.75, 3.05) is 14.1 Å². The van der Waals surface area contributed by atoms with Gasteiger partial charge in [-0.1, -0.05) is 60.7 Å². The molecule has 0 amide bonds. The zero-order valence-corrected chi connectivity index (χ0v) is 12.5. The summed E-state index contributed by atoms with van der Waals surface area (Å²) >= 11 is 6.47. The van der Waals surface area contributed by atoms with Gasteiger partial charge in [0.15, 0.2) is 12.1 Å². The Kier molecular flexibility index (Phi) is 3.49. The lowest BCUT2D eigenvalue weighted by molar-refractivity contribution is -0.536. The van der Waals surface area contributed by atoms with E-state index < -0.39 is 0 Å². The minimum absolute atomic E-state index is 0.232. The van der Waals surface area contributed by atoms with E-state index in [4.69, 9.17) is 11.6 Å². The SMILES string of the molecule is CN1C(Cl)=[N+](C)[C@@H](c2ccccc2)[C@@H]1c1ccccc1. The fourth-order valence-corrected chi connectivity index (χ4v) is 3.22. The summed E-state index contributed by atoms with van der Waals surface area (Å²) in [5.74, 6) is 0. The van der Waals surface area contributed by atoms with Crippen molar-refractivity contribution in [1.82, 2.24) is 4.90 Å². The Bertz CT molecular complexity index is 622. The van der Waals surface area contributed by atoms with Crippen molar-refractivity contribution in [2.45, 2.75) is 12.1 Å². The predicted molar refractivity (Wildman–Crippen MR) is 83.2 cm³/mol. The molecule has 0 N–H and O–H groups in total. The van der Waals surface area contributed by atoms with Gasteiger partial charge < -0.3 is 0 Å². The topological polar surface area (TPSA) is 6.25 Å². The molecule has 1 aliphatic heterocycles. The van der Waals surface area contributed by atoms with Crippen molar-refractivity contribution in [3.63, 3.8) is 0 Å². The third kappa shape index (κ3) is 2.10. The Morgan fingerprint density at radius 3 is 1.95 bits per heavy atom. The molecule has 3 heteroatoms. The first kappa shape index (κ1) is 13.2. The van der Waals surface area contributed by atoms with Crippen LogP contribution in [0.25, 0.3) is 0 Å². The van der Waals surface area contributed by atoms with E-state index in [1.54, 1.807) is 0 Å². The first-order valence-corrected chi connectivity index (χ1v) is 7.16. The molecule has 2 aromatic carbocycles. The van der Waals surface area contributed by atoms with Gasteiger partial charge in [-0.3, -0.25) is 0 Å². The molecule has 1 aliphatic rings. The van der Waals surface area contributed by atoms with E-state index in [1.165, 1.54) is 11.1 Å². The Morgan fingerprint density at radius 2 is 1.40 bits per heavy atom. The monoisotopic (exact) mass is 285 g/mol. The largest absolute Gasteiger partial charge is 0.345 e. The van der Waals surface area contributed by atoms with Gasteiger partial charge in [0, 0.05) is 22.7 Å². The highest BCUT2D eigenvalue weighted by molar-refractivity contribution is 6.63. The molecule has 2 atom stereocenters. The van der Waals surface area contributed by atoms with E-state index in [-0.39, 0.29) is 12.1 Å². The van der Waals surface area contributed by atoms with Crippen molar-refractivity contribution < 1.29 is 4.58 Å². The highest BCUT2D eigenvalue weighted by Gasteiger charge is 2.45. The third-order valence-corrected chi connectivity index (χ3v) is 4.53. The second-order valence-corrected chi connectivity index (χ2v) is 5.54. The van der Waals surface area contributed by atoms with Crippen LogP contribution in [0.1, 0.15) is 23.2 Å². The van der Waals surface area contributed by atoms with Crippen molar-refractivity contribution in [3.8, 4) is 0 Å². The first-order valence-electron chi connectivity index (χ1n) is 6.78. The number of hydrogen-bond donors (Lipinski definition) is 0. The zero-order chi connectivity index (χ0) is 14.1. The summed E-state index contributed by atoms with van der Waals surface area (Å²) in [6.45, 7) is 0. The molecule has 0 aromatic heterocycles. The molecule has 0 bridgehead atoms. The lowest BCUT2D eigenvalue weighted by atomic mass is 9.93. The normalized spacial score (nSPS) is 22.4. The van der Waals surface area contributed by atoms with Gasteiger partial charge in [0.1, 0.15) is 0 Å². The molecule has 0 saturated heterocycles. The Labute approximate surface area is 124 Å². The molecule has 0 unspecified atom stereocenters. The van der Waals surface area contributed by atoms with Gasteiger partial charge in [0.05, 0.1) is 14.1 Å². The summed E-state index contributed by atoms with van der Waals surface area (Å²) in [4.78, 5) is 2.15. The van der Waals surface area contributed by atoms with Gasteiger partial charge in [-0.15, -0.1) is 0 Å². The van der Waals surface area contributed by atoms with Crippen molar-refractivity contribution in [1.29, 1.82) is 0 Å². The fourth-order valence-electron chi connectivity index (χ4n) is 3.01. The summed E-state index contributed by atoms with van der Waals surface area (Å²) in [6.07, 6.45) is 0. The van der Waals surface area contributed by atoms with Crippen LogP contribution in [0.4, 0.5) is 0 Å². The highest BCUT2D eigenvalue weighted by atomic mass is 35.5. The minimum Gasteiger partial charge on any atom is -0.242 e. The predicted octanol–water partition coefficient (Wildman–Crippen LogP) is 3.65. The third-order valence-electron chi connectivity index (χ3n) is 4.00. The van der Waals surface area contributed by atoms with Crippen LogP contribution >= 0.6 is 11.6 Å². The number of benzene rings is 2. The summed E-state index contributed by atoms with van der Waals surface area (Å²) in [5.41, 5.74) is 2.57. The van der Waals surface area contributed by atoms with E-state index in [2.05, 4.69) is 72.1 Å². The van der Waals surface area contributed by atoms with E-state index >= 15 is 0 Å². The number of amidine groups is 1. The van der Waals surface area contributed by atoms with Gasteiger partial charge in [0.25, 0.3) is 0 Å². The van der Waals surface area contributed by atoms with Crippen LogP contribution in [0.3, 0.4) is 0 Å². The zero-order valence-electron chi connectivity index (χ0n) is 11.7. The molecular formula is C17H18ClN2+. The van der Waals surface area contributed by atoms with Crippen LogP contribution < -0.4 is 0 Å². The van der Waals surface area contributed by atoms with Gasteiger partial charge in [0.2, 0.25) is 0 Å². The quantitative estimate of drug-likeness (QED) is 0.603. The second-order valence-electron chi connectivity index (χ2n) is 5.20. The van der Waals surface area contributed by atoms with Gasteiger partial charge in [-0.2, -0.15) is 0 Å². The van der Waals surface area contributed by atoms with Crippen LogP contribution in [-0.2, 0) is 0 Å². The number of hydrogen-bond acceptors (Lipinski definition) is 1. The average Bonchev–Trinajstić information content (AvgIpc) is 2.73. The van der Waals surface area contributed by atoms with Crippen LogP contribution in [0.5, 0.6) is 0 Å². The number of rotatable bonds is 2. The summed E-state index contributed by atoms with van der Waals surface area (Å²) in [6, 6.07) is 21.5. The lowest BCUT2D eigenvalue weighted by Gasteiger charge is -2.21. The van der Waals surface area contributed by atoms with E-state index in [9.17, 15) is 0 Å². The standard InChI is InChI=1S/C17H18ClN2/c1-19-15(13-9-5-3-6-10-13)16(20(2)17(19)18)14-11-7-4-8-12-14/h3-12,15-16H,1-2H3/q+1/t15-,16-/m0/s1. The maximum Gasteiger partial charge on any atom is 0.345 e. The van der Waals surface area contributed by atoms with Crippen LogP contribution in [0.2, 0.25) is 0 Å². The average molecular weight is 286 g/mol. The maximum absolute atomic E-state index is 6.47. The molecule has 2 aromatic rings. The van der Waals surface area contributed by atoms with Crippen molar-refractivity contribution in [3.05, 3.63) is 71.8 Å². The molecular weight excluding hydrogens is 268 g/mol. The molecule has 0 spiro atoms. The molecule has 0 aliphatic carbocycles. The van der Waals surface area contributed by atoms with Crippen LogP contribution in [0.15, 0.2) is 60.7 Å². The number of likely N-dealkylation sites (N-methyl/N-ethyl adjacent to an activating group) is 2. The number of nitrogens with zero attached hydrogens (tertiary/aromatic N) is 2. The Morgan fingerprint density at radius 1 is 0.900 bits per heavy atom. The molecule has 3 rings (SSSR count). The fraction of sp³-hybridized carbons (Fsp3) is 0.235. The molecule has 0 saturated carbocycles. The van der Waals surface area contributed by atoms with Gasteiger partial charge in [-0.05, 0) is 0 Å². The van der Waals surface area contributed by atoms with E-state index in [1.807, 2.05) is 12.1 Å². The van der Waals surface area contributed by atoms with Gasteiger partial charge >= 0.3 is 5.29 Å². The van der Waals surface area contributed by atoms with E-state index in [0.717, 1.165) is 5.29 Å². The summed E-state index contributed by atoms with van der Waals surface area (Å²) in [7, 11) is 4.11. The highest BCUT2D eigenvalue weighted by Crippen LogP contribution is 2.40. The lowest BCUT2D eigenvalue weighted by Crippen LogP contribution is -2.24. The van der Waals surface area contributed by atoms with Crippen molar-refractivity contribution in [2.24, 2.45) is 0 Å². The van der Waals surface area contributed by atoms with Crippen molar-refractivity contribution >= 4 is 16.9 Å². The Balaban J connectivity index is 2.09. The minimum atomic E-state index is 0.232. The van der Waals surface area contributed by atoms with E-state index in [0.29, 0.717) is 0 Å². The maximum atomic E-state index is 6.47. The van der Waals surface area contributed by atoms with Gasteiger partial charge in [-0.25, -0.2) is 9.48 Å². The molecule has 2 nitrogen and oxygen atoms in total.